The Labute approximate surface area is 270 Å². The van der Waals surface area contributed by atoms with E-state index in [1.54, 1.807) is 85.2 Å². The van der Waals surface area contributed by atoms with Crippen molar-refractivity contribution in [3.8, 4) is 11.5 Å². The van der Waals surface area contributed by atoms with Crippen LogP contribution in [-0.2, 0) is 32.0 Å². The standard InChI is InChI=1S/C33H30Cl2N2O8/c1-41-27-13-12-22(15-29(27)42-2)28(16-24-25(34)17-36-18-26(24)35)45-31(38)23-11-7-8-20(14-23)19-44-33(40)37-30(32(39)43-3)21-9-5-4-6-10-21/h4-15,17-18,28,30H,16,19H2,1-3H3,(H,37,40)/p+1. The molecule has 2 unspecified atom stereocenters. The second-order valence-corrected chi connectivity index (χ2v) is 10.4. The van der Waals surface area contributed by atoms with Gasteiger partial charge in [-0.15, -0.1) is 0 Å². The van der Waals surface area contributed by atoms with Gasteiger partial charge in [-0.1, -0.05) is 71.7 Å². The first-order valence-electron chi connectivity index (χ1n) is 13.7. The third kappa shape index (κ3) is 8.65. The third-order valence-electron chi connectivity index (χ3n) is 6.78. The Morgan fingerprint density at radius 3 is 2.20 bits per heavy atom. The number of amides is 1. The zero-order valence-corrected chi connectivity index (χ0v) is 26.2. The molecule has 0 aliphatic heterocycles. The maximum absolute atomic E-state index is 13.4. The number of benzene rings is 3. The number of hydrogen-bond donors (Lipinski definition) is 1. The van der Waals surface area contributed by atoms with Crippen LogP contribution in [0.15, 0.2) is 85.2 Å². The number of pyridine rings is 1. The van der Waals surface area contributed by atoms with Crippen LogP contribution in [0, 0.1) is 0 Å². The van der Waals surface area contributed by atoms with Crippen LogP contribution in [0.4, 0.5) is 4.79 Å². The number of aromatic amines is 1. The SMILES string of the molecule is COC(=O)C(NC(=O)OCc1cccc(C(=O)OC(Cc2c(Cl)c[nH+]cc2Cl)c2ccc(OC)c(OC)c2)c1)c1ccccc1. The molecule has 45 heavy (non-hydrogen) atoms. The lowest BCUT2D eigenvalue weighted by Crippen LogP contribution is -2.34. The lowest BCUT2D eigenvalue weighted by molar-refractivity contribution is -0.377. The molecule has 0 aliphatic rings. The number of rotatable bonds is 12. The summed E-state index contributed by atoms with van der Waals surface area (Å²) in [7, 11) is 4.26. The summed E-state index contributed by atoms with van der Waals surface area (Å²) >= 11 is 12.8. The van der Waals surface area contributed by atoms with Gasteiger partial charge in [0.1, 0.15) is 22.8 Å². The number of aromatic nitrogens is 1. The number of ether oxygens (including phenoxy) is 5. The highest BCUT2D eigenvalue weighted by Gasteiger charge is 2.26. The Bertz CT molecular complexity index is 1630. The Morgan fingerprint density at radius 2 is 1.53 bits per heavy atom. The number of H-pyrrole nitrogens is 1. The molecule has 12 heteroatoms. The summed E-state index contributed by atoms with van der Waals surface area (Å²) in [5.41, 5.74) is 2.47. The van der Waals surface area contributed by atoms with Gasteiger partial charge in [0.15, 0.2) is 29.9 Å². The molecule has 0 saturated carbocycles. The largest absolute Gasteiger partial charge is 0.493 e. The molecule has 0 radical (unpaired) electrons. The van der Waals surface area contributed by atoms with Gasteiger partial charge >= 0.3 is 18.0 Å². The molecule has 2 atom stereocenters. The number of nitrogens with one attached hydrogen (secondary N) is 2. The second kappa shape index (κ2) is 15.8. The summed E-state index contributed by atoms with van der Waals surface area (Å²) in [6, 6.07) is 19.2. The van der Waals surface area contributed by atoms with E-state index in [0.717, 1.165) is 0 Å². The van der Waals surface area contributed by atoms with E-state index < -0.39 is 30.2 Å². The molecule has 10 nitrogen and oxygen atoms in total. The van der Waals surface area contributed by atoms with Crippen LogP contribution in [0.1, 0.15) is 44.8 Å². The lowest BCUT2D eigenvalue weighted by Gasteiger charge is -2.21. The zero-order valence-electron chi connectivity index (χ0n) is 24.7. The van der Waals surface area contributed by atoms with Gasteiger partial charge in [-0.05, 0) is 41.0 Å². The molecule has 1 amide bonds. The smallest absolute Gasteiger partial charge is 0.408 e. The topological polar surface area (TPSA) is 124 Å². The molecule has 4 rings (SSSR count). The lowest BCUT2D eigenvalue weighted by atomic mass is 10.0. The number of carbonyl (C=O) groups excluding carboxylic acids is 3. The van der Waals surface area contributed by atoms with Crippen molar-refractivity contribution in [2.75, 3.05) is 21.3 Å². The predicted molar refractivity (Wildman–Crippen MR) is 165 cm³/mol. The van der Waals surface area contributed by atoms with Crippen molar-refractivity contribution in [2.24, 2.45) is 0 Å². The van der Waals surface area contributed by atoms with E-state index in [9.17, 15) is 14.4 Å². The Morgan fingerprint density at radius 1 is 0.822 bits per heavy atom. The van der Waals surface area contributed by atoms with Gasteiger partial charge < -0.3 is 29.0 Å². The van der Waals surface area contributed by atoms with Crippen molar-refractivity contribution in [3.63, 3.8) is 0 Å². The first kappa shape index (κ1) is 33.1. The quantitative estimate of drug-likeness (QED) is 0.144. The molecule has 0 spiro atoms. The zero-order chi connectivity index (χ0) is 32.3. The Balaban J connectivity index is 1.50. The molecule has 2 N–H and O–H groups in total. The van der Waals surface area contributed by atoms with E-state index in [2.05, 4.69) is 10.3 Å². The van der Waals surface area contributed by atoms with Crippen LogP contribution in [0.25, 0.3) is 0 Å². The fourth-order valence-corrected chi connectivity index (χ4v) is 5.01. The van der Waals surface area contributed by atoms with E-state index >= 15 is 0 Å². The highest BCUT2D eigenvalue weighted by molar-refractivity contribution is 6.35. The van der Waals surface area contributed by atoms with E-state index in [1.165, 1.54) is 21.3 Å². The highest BCUT2D eigenvalue weighted by Crippen LogP contribution is 2.35. The first-order valence-corrected chi connectivity index (χ1v) is 14.4. The summed E-state index contributed by atoms with van der Waals surface area (Å²) in [5, 5.41) is 3.27. The van der Waals surface area contributed by atoms with Crippen molar-refractivity contribution in [2.45, 2.75) is 25.2 Å². The molecule has 0 saturated heterocycles. The molecular weight excluding hydrogens is 623 g/mol. The van der Waals surface area contributed by atoms with E-state index in [-0.39, 0.29) is 18.6 Å². The van der Waals surface area contributed by atoms with Gasteiger partial charge in [-0.3, -0.25) is 0 Å². The number of carbonyl (C=O) groups is 3. The number of halogens is 2. The van der Waals surface area contributed by atoms with Crippen molar-refractivity contribution < 1.29 is 43.1 Å². The molecular formula is C33H31Cl2N2O8+. The van der Waals surface area contributed by atoms with Crippen LogP contribution in [-0.4, -0.2) is 39.4 Å². The molecule has 3 aromatic carbocycles. The monoisotopic (exact) mass is 653 g/mol. The number of hydrogen-bond acceptors (Lipinski definition) is 8. The number of methoxy groups -OCH3 is 3. The van der Waals surface area contributed by atoms with Gasteiger partial charge in [-0.25, -0.2) is 19.4 Å². The Kier molecular flexibility index (Phi) is 11.6. The van der Waals surface area contributed by atoms with Gasteiger partial charge in [0, 0.05) is 12.0 Å². The normalized spacial score (nSPS) is 11.9. The van der Waals surface area contributed by atoms with Gasteiger partial charge in [0.05, 0.1) is 26.9 Å². The minimum absolute atomic E-state index is 0.166. The van der Waals surface area contributed by atoms with E-state index in [4.69, 9.17) is 46.9 Å². The minimum Gasteiger partial charge on any atom is -0.493 e. The van der Waals surface area contributed by atoms with Gasteiger partial charge in [0.25, 0.3) is 0 Å². The minimum atomic E-state index is -1.05. The van der Waals surface area contributed by atoms with Crippen molar-refractivity contribution in [1.29, 1.82) is 0 Å². The summed E-state index contributed by atoms with van der Waals surface area (Å²) < 4.78 is 27.0. The second-order valence-electron chi connectivity index (χ2n) is 9.63. The van der Waals surface area contributed by atoms with E-state index in [1.807, 2.05) is 0 Å². The van der Waals surface area contributed by atoms with Crippen LogP contribution >= 0.6 is 23.2 Å². The van der Waals surface area contributed by atoms with Crippen molar-refractivity contribution in [3.05, 3.63) is 123 Å². The summed E-state index contributed by atoms with van der Waals surface area (Å²) in [4.78, 5) is 41.2. The molecule has 4 aromatic rings. The molecule has 234 valence electrons. The maximum Gasteiger partial charge on any atom is 0.408 e. The molecule has 1 heterocycles. The van der Waals surface area contributed by atoms with Crippen molar-refractivity contribution in [1.82, 2.24) is 5.32 Å². The average Bonchev–Trinajstić information content (AvgIpc) is 3.07. The number of alkyl carbamates (subject to hydrolysis) is 1. The number of esters is 2. The average molecular weight is 655 g/mol. The molecule has 1 aromatic heterocycles. The highest BCUT2D eigenvalue weighted by atomic mass is 35.5. The molecule has 0 fully saturated rings. The van der Waals surface area contributed by atoms with Crippen LogP contribution in [0.3, 0.4) is 0 Å². The van der Waals surface area contributed by atoms with Gasteiger partial charge in [0.2, 0.25) is 0 Å². The molecule has 0 aliphatic carbocycles. The van der Waals surface area contributed by atoms with Crippen molar-refractivity contribution >= 4 is 41.2 Å². The Hall–Kier alpha value is -4.80. The summed E-state index contributed by atoms with van der Waals surface area (Å²) in [5.74, 6) is -0.322. The van der Waals surface area contributed by atoms with Crippen LogP contribution in [0.2, 0.25) is 10.0 Å². The summed E-state index contributed by atoms with van der Waals surface area (Å²) in [6.07, 6.45) is 1.68. The summed E-state index contributed by atoms with van der Waals surface area (Å²) in [6.45, 7) is -0.180. The molecule has 0 bridgehead atoms. The first-order chi connectivity index (χ1) is 21.7. The van der Waals surface area contributed by atoms with Crippen LogP contribution in [0.5, 0.6) is 11.5 Å². The fourth-order valence-electron chi connectivity index (χ4n) is 4.47. The van der Waals surface area contributed by atoms with Gasteiger partial charge in [-0.2, -0.15) is 0 Å². The fraction of sp³-hybridized carbons (Fsp3) is 0.212. The third-order valence-corrected chi connectivity index (χ3v) is 7.45. The predicted octanol–water partition coefficient (Wildman–Crippen LogP) is 6.11. The maximum atomic E-state index is 13.4. The van der Waals surface area contributed by atoms with Crippen LogP contribution < -0.4 is 19.8 Å². The van der Waals surface area contributed by atoms with E-state index in [0.29, 0.717) is 43.8 Å².